The van der Waals surface area contributed by atoms with E-state index in [0.29, 0.717) is 105 Å². The summed E-state index contributed by atoms with van der Waals surface area (Å²) in [5.41, 5.74) is 11.2. The Morgan fingerprint density at radius 1 is 0.574 bits per heavy atom. The number of pyridine rings is 1. The average molecular weight is 1470 g/mol. The summed E-state index contributed by atoms with van der Waals surface area (Å²) in [5.74, 6) is -0.570. The summed E-state index contributed by atoms with van der Waals surface area (Å²) in [6.07, 6.45) is 16.4. The van der Waals surface area contributed by atoms with Crippen molar-refractivity contribution in [3.63, 3.8) is 0 Å². The van der Waals surface area contributed by atoms with E-state index in [1.165, 1.54) is 17.8 Å². The number of benzene rings is 3. The van der Waals surface area contributed by atoms with Gasteiger partial charge in [0.25, 0.3) is 23.6 Å². The van der Waals surface area contributed by atoms with E-state index in [2.05, 4.69) is 88.0 Å². The molecule has 12 heterocycles. The van der Waals surface area contributed by atoms with E-state index in [-0.39, 0.29) is 95.9 Å². The molecule has 9 aliphatic rings. The number of rotatable bonds is 21. The maximum atomic E-state index is 14.6. The van der Waals surface area contributed by atoms with Crippen molar-refractivity contribution in [2.45, 2.75) is 133 Å². The minimum atomic E-state index is -1.11. The molecule has 8 fully saturated rings. The number of carbonyl (C=O) groups is 10. The van der Waals surface area contributed by atoms with Crippen molar-refractivity contribution in [2.75, 3.05) is 123 Å². The predicted octanol–water partition coefficient (Wildman–Crippen LogP) is 6.24. The average Bonchev–Trinajstić information content (AvgIpc) is 1.60. The molecule has 8 saturated heterocycles. The summed E-state index contributed by atoms with van der Waals surface area (Å²) in [5, 5.41) is 17.6. The van der Waals surface area contributed by atoms with Crippen LogP contribution in [0.4, 0.5) is 50.9 Å². The van der Waals surface area contributed by atoms with Crippen LogP contribution in [0.3, 0.4) is 0 Å². The first-order valence-corrected chi connectivity index (χ1v) is 38.2. The van der Waals surface area contributed by atoms with E-state index in [1.807, 2.05) is 35.4 Å². The second-order valence-corrected chi connectivity index (χ2v) is 30.1. The molecule has 9 aliphatic heterocycles. The van der Waals surface area contributed by atoms with E-state index in [9.17, 15) is 47.9 Å². The largest absolute Gasteiger partial charge is 0.375 e. The number of likely N-dealkylation sites (tertiary alicyclic amines) is 2. The topological polar surface area (TPSA) is 359 Å². The number of hydrogen-bond donors (Lipinski definition) is 7. The summed E-state index contributed by atoms with van der Waals surface area (Å²) >= 11 is 0. The molecule has 0 radical (unpaired) electrons. The first kappa shape index (κ1) is 72.4. The molecular weight excluding hydrogens is 1380 g/mol. The fraction of sp³-hybridized carbons (Fsp3) is 0.474. The van der Waals surface area contributed by atoms with Crippen molar-refractivity contribution >= 4 is 105 Å². The first-order valence-electron chi connectivity index (χ1n) is 38.2. The molecule has 564 valence electrons. The fourth-order valence-electron chi connectivity index (χ4n) is 17.0. The number of nitrogens with zero attached hydrogens (tertiary/aromatic N) is 13. The lowest BCUT2D eigenvalue weighted by Crippen LogP contribution is -2.54. The standard InChI is InChI=1S/C78H92N20O10/c1-91-63(88-75(105)69-72(86-61(41-83-69)93-30-3-2-4-31-93)85-55-18-11-49(12-19-55)51-26-33-92(34-27-51)44-47-24-35-94(36-25-47)60-21-10-48(40-81-60)39-53-15-22-64(99)89-73(53)103)46-97(78(91)108)56-7-6-32-96(45-56)62-42-82-68(70(79)102)71(87-62)84-54-16-13-50(14-17-54)52-28-37-95(38-29-52)66(101)43-80-58-9-5-8-57-67(58)77(107)98(76(57)106)59-20-23-65(100)90-74(59)104/h5,8-14,16-19,21,40-42,47,51-53,56,59,63,80H,2-4,6-7,15,20,22-39,43-46H2,1H3,(H2,79,102)(H,84,87)(H,85,86)(H,88,105)(H,89,99,103)(H,90,100,104)/t53?,56-,59?,63?/m1/s1. The van der Waals surface area contributed by atoms with Gasteiger partial charge in [0, 0.05) is 108 Å². The number of imide groups is 3. The van der Waals surface area contributed by atoms with Gasteiger partial charge in [-0.1, -0.05) is 36.4 Å². The van der Waals surface area contributed by atoms with Crippen LogP contribution in [-0.4, -0.2) is 219 Å². The number of fused-ring (bicyclic) bond motifs is 1. The molecule has 0 bridgehead atoms. The molecule has 30 nitrogen and oxygen atoms in total. The van der Waals surface area contributed by atoms with Crippen LogP contribution in [0.15, 0.2) is 97.5 Å². The zero-order valence-electron chi connectivity index (χ0n) is 60.8. The van der Waals surface area contributed by atoms with Crippen LogP contribution < -0.4 is 52.3 Å². The Balaban J connectivity index is 0.524. The number of amides is 11. The molecule has 0 saturated carbocycles. The number of primary amides is 1. The zero-order chi connectivity index (χ0) is 74.7. The summed E-state index contributed by atoms with van der Waals surface area (Å²) in [6, 6.07) is 23.5. The normalized spacial score (nSPS) is 22.2. The summed E-state index contributed by atoms with van der Waals surface area (Å²) < 4.78 is 0. The van der Waals surface area contributed by atoms with E-state index in [4.69, 9.17) is 25.7 Å². The van der Waals surface area contributed by atoms with Crippen LogP contribution in [0.2, 0.25) is 0 Å². The Bertz CT molecular complexity index is 4440. The van der Waals surface area contributed by atoms with Crippen molar-refractivity contribution < 1.29 is 47.9 Å². The van der Waals surface area contributed by atoms with Crippen LogP contribution in [0, 0.1) is 11.8 Å². The third-order valence-corrected chi connectivity index (χ3v) is 23.2. The molecule has 3 unspecified atom stereocenters. The lowest BCUT2D eigenvalue weighted by Gasteiger charge is -2.38. The van der Waals surface area contributed by atoms with Gasteiger partial charge in [0.05, 0.1) is 42.7 Å². The monoisotopic (exact) mass is 1470 g/mol. The molecular formula is C78H92N20O10. The molecule has 6 aromatic rings. The van der Waals surface area contributed by atoms with Gasteiger partial charge in [-0.3, -0.25) is 58.7 Å². The van der Waals surface area contributed by atoms with Gasteiger partial charge in [-0.15, -0.1) is 0 Å². The number of urea groups is 1. The van der Waals surface area contributed by atoms with E-state index in [0.717, 1.165) is 125 Å². The number of piperidine rings is 7. The lowest BCUT2D eigenvalue weighted by atomic mass is 9.88. The SMILES string of the molecule is CN1C(=O)N([C@@H]2CCCN(c3cnc(C(N)=O)c(Nc4ccc(C5CCN(C(=O)CNc6cccc7c6C(=O)N(C6CCC(=O)NC6=O)C7=O)CC5)cc4)n3)C2)CC1NC(=O)c1ncc(N2CCCCC2)nc1Nc1ccc(C2CCN(CC3CCN(c4ccc(CC5CCC(=O)NC5=O)cn4)CC3)CC2)cc1. The van der Waals surface area contributed by atoms with Crippen molar-refractivity contribution in [2.24, 2.45) is 17.6 Å². The third kappa shape index (κ3) is 15.8. The van der Waals surface area contributed by atoms with Gasteiger partial charge in [0.15, 0.2) is 23.0 Å². The molecule has 3 aromatic heterocycles. The zero-order valence-corrected chi connectivity index (χ0v) is 60.8. The third-order valence-electron chi connectivity index (χ3n) is 23.2. The molecule has 8 N–H and O–H groups in total. The van der Waals surface area contributed by atoms with Crippen molar-refractivity contribution in [3.05, 3.63) is 137 Å². The van der Waals surface area contributed by atoms with Gasteiger partial charge < -0.3 is 61.3 Å². The highest BCUT2D eigenvalue weighted by Gasteiger charge is 2.47. The fourth-order valence-corrected chi connectivity index (χ4v) is 17.0. The van der Waals surface area contributed by atoms with Crippen molar-refractivity contribution in [1.82, 2.24) is 65.4 Å². The Labute approximate surface area is 625 Å². The molecule has 0 aliphatic carbocycles. The maximum absolute atomic E-state index is 14.6. The smallest absolute Gasteiger partial charge is 0.321 e. The van der Waals surface area contributed by atoms with Crippen LogP contribution in [0.5, 0.6) is 0 Å². The molecule has 0 spiro atoms. The minimum Gasteiger partial charge on any atom is -0.375 e. The number of aromatic nitrogens is 5. The second kappa shape index (κ2) is 31.7. The predicted molar refractivity (Wildman–Crippen MR) is 402 cm³/mol. The summed E-state index contributed by atoms with van der Waals surface area (Å²) in [6.45, 7) is 8.88. The first-order chi connectivity index (χ1) is 52.4. The van der Waals surface area contributed by atoms with Gasteiger partial charge in [0.1, 0.15) is 29.7 Å². The van der Waals surface area contributed by atoms with E-state index < -0.39 is 47.7 Å². The molecule has 15 rings (SSSR count). The Morgan fingerprint density at radius 2 is 1.19 bits per heavy atom. The number of hydrogen-bond acceptors (Lipinski definition) is 22. The number of anilines is 8. The molecule has 11 amide bonds. The van der Waals surface area contributed by atoms with Gasteiger partial charge in [0.2, 0.25) is 29.5 Å². The van der Waals surface area contributed by atoms with E-state index in [1.54, 1.807) is 40.1 Å². The number of carbonyl (C=O) groups excluding carboxylic acids is 10. The molecule has 4 atom stereocenters. The van der Waals surface area contributed by atoms with Crippen LogP contribution >= 0.6 is 0 Å². The quantitative estimate of drug-likeness (QED) is 0.0392. The second-order valence-electron chi connectivity index (χ2n) is 30.1. The maximum Gasteiger partial charge on any atom is 0.321 e. The van der Waals surface area contributed by atoms with Crippen molar-refractivity contribution in [1.29, 1.82) is 0 Å². The Morgan fingerprint density at radius 3 is 1.84 bits per heavy atom. The highest BCUT2D eigenvalue weighted by molar-refractivity contribution is 6.25. The van der Waals surface area contributed by atoms with Crippen LogP contribution in [0.25, 0.3) is 0 Å². The minimum absolute atomic E-state index is 0.00458. The highest BCUT2D eigenvalue weighted by Crippen LogP contribution is 2.37. The van der Waals surface area contributed by atoms with Gasteiger partial charge in [-0.05, 0) is 180 Å². The highest BCUT2D eigenvalue weighted by atomic mass is 16.2. The molecule has 30 heteroatoms. The van der Waals surface area contributed by atoms with E-state index >= 15 is 0 Å². The van der Waals surface area contributed by atoms with Gasteiger partial charge in [-0.25, -0.2) is 29.7 Å². The number of nitrogens with one attached hydrogen (secondary N) is 6. The van der Waals surface area contributed by atoms with Gasteiger partial charge in [-0.2, -0.15) is 0 Å². The summed E-state index contributed by atoms with van der Waals surface area (Å²) in [7, 11) is 1.69. The summed E-state index contributed by atoms with van der Waals surface area (Å²) in [4.78, 5) is 170. The number of likely N-dealkylation sites (N-methyl/N-ethyl adjacent to an activating group) is 1. The Hall–Kier alpha value is -11.2. The molecule has 3 aromatic carbocycles. The van der Waals surface area contributed by atoms with Gasteiger partial charge >= 0.3 is 6.03 Å². The number of nitrogens with two attached hydrogens (primary N) is 1. The van der Waals surface area contributed by atoms with Crippen LogP contribution in [0.1, 0.15) is 167 Å². The van der Waals surface area contributed by atoms with Crippen molar-refractivity contribution in [3.8, 4) is 0 Å². The molecule has 108 heavy (non-hydrogen) atoms. The lowest BCUT2D eigenvalue weighted by molar-refractivity contribution is -0.137. The Kier molecular flexibility index (Phi) is 21.3. The van der Waals surface area contributed by atoms with Crippen LogP contribution in [-0.2, 0) is 30.4 Å².